The van der Waals surface area contributed by atoms with Crippen molar-refractivity contribution < 1.29 is 42.9 Å². The fourth-order valence-corrected chi connectivity index (χ4v) is 9.42. The minimum absolute atomic E-state index is 0.0229. The summed E-state index contributed by atoms with van der Waals surface area (Å²) in [5, 5.41) is 5.53. The SMILES string of the molecule is CCC1CC1(NC(=O)[C@@H]1C[C@@H]2CN1C(=O)[C@H](C1CCCCC1)NC(=O)OC[C@H](C)CCCc1cc3c(nccc3cc1OC)O2)P(=O)(O)O. The molecule has 0 radical (unpaired) electrons. The lowest BCUT2D eigenvalue weighted by molar-refractivity contribution is -0.141. The van der Waals surface area contributed by atoms with Crippen LogP contribution in [-0.2, 0) is 25.3 Å². The molecule has 13 nitrogen and oxygen atoms in total. The lowest BCUT2D eigenvalue weighted by Gasteiger charge is -2.34. The molecule has 3 heterocycles. The van der Waals surface area contributed by atoms with Crippen LogP contribution in [0.5, 0.6) is 11.6 Å². The van der Waals surface area contributed by atoms with Crippen molar-refractivity contribution in [2.75, 3.05) is 20.3 Å². The van der Waals surface area contributed by atoms with Gasteiger partial charge >= 0.3 is 13.7 Å². The second-order valence-corrected chi connectivity index (χ2v) is 16.3. The normalized spacial score (nSPS) is 30.1. The van der Waals surface area contributed by atoms with E-state index >= 15 is 0 Å². The Morgan fingerprint density at radius 3 is 2.65 bits per heavy atom. The summed E-state index contributed by atoms with van der Waals surface area (Å²) in [5.74, 6) is -0.435. The maximum atomic E-state index is 14.6. The number of cyclic esters (lactones) is 1. The van der Waals surface area contributed by atoms with Gasteiger partial charge in [-0.2, -0.15) is 0 Å². The van der Waals surface area contributed by atoms with Crippen LogP contribution in [0.25, 0.3) is 10.8 Å². The topological polar surface area (TPSA) is 177 Å². The number of hydrogen-bond acceptors (Lipinski definition) is 8. The molecule has 4 bridgehead atoms. The van der Waals surface area contributed by atoms with Gasteiger partial charge in [-0.15, -0.1) is 0 Å². The average molecular weight is 701 g/mol. The molecule has 2 aliphatic heterocycles. The van der Waals surface area contributed by atoms with Crippen molar-refractivity contribution in [3.63, 3.8) is 0 Å². The van der Waals surface area contributed by atoms with E-state index in [0.717, 1.165) is 73.5 Å². The first kappa shape index (κ1) is 35.4. The highest BCUT2D eigenvalue weighted by atomic mass is 31.2. The van der Waals surface area contributed by atoms with Crippen LogP contribution in [0.1, 0.15) is 83.6 Å². The largest absolute Gasteiger partial charge is 0.496 e. The molecule has 14 heteroatoms. The number of methoxy groups -OCH3 is 1. The van der Waals surface area contributed by atoms with Crippen LogP contribution >= 0.6 is 7.60 Å². The maximum absolute atomic E-state index is 14.6. The van der Waals surface area contributed by atoms with Gasteiger partial charge in [-0.25, -0.2) is 9.78 Å². The average Bonchev–Trinajstić information content (AvgIpc) is 3.66. The molecule has 49 heavy (non-hydrogen) atoms. The first-order valence-corrected chi connectivity index (χ1v) is 19.3. The Morgan fingerprint density at radius 2 is 1.96 bits per heavy atom. The second kappa shape index (κ2) is 14.4. The zero-order chi connectivity index (χ0) is 34.9. The van der Waals surface area contributed by atoms with E-state index in [0.29, 0.717) is 12.3 Å². The third kappa shape index (κ3) is 7.39. The summed E-state index contributed by atoms with van der Waals surface area (Å²) in [5.41, 5.74) is 0.980. The molecule has 1 aromatic heterocycles. The Morgan fingerprint density at radius 1 is 1.18 bits per heavy atom. The van der Waals surface area contributed by atoms with Crippen LogP contribution in [0.2, 0.25) is 0 Å². The van der Waals surface area contributed by atoms with Gasteiger partial charge in [0.25, 0.3) is 0 Å². The number of aryl methyl sites for hydroxylation is 1. The summed E-state index contributed by atoms with van der Waals surface area (Å²) >= 11 is 0. The molecule has 1 aromatic carbocycles. The van der Waals surface area contributed by atoms with Gasteiger partial charge in [0.1, 0.15) is 29.2 Å². The molecule has 0 spiro atoms. The third-order valence-electron chi connectivity index (χ3n) is 11.0. The first-order chi connectivity index (χ1) is 23.4. The molecular formula is C35H49N4O9P. The number of nitrogens with zero attached hydrogens (tertiary/aromatic N) is 2. The van der Waals surface area contributed by atoms with Crippen molar-refractivity contribution in [1.29, 1.82) is 0 Å². The van der Waals surface area contributed by atoms with E-state index in [1.807, 2.05) is 32.0 Å². The number of carbonyl (C=O) groups is 3. The number of fused-ring (bicyclic) bond motifs is 3. The van der Waals surface area contributed by atoms with Crippen LogP contribution in [0.3, 0.4) is 0 Å². The molecule has 268 valence electrons. The molecule has 4 aliphatic rings. The number of amides is 3. The highest BCUT2D eigenvalue weighted by Crippen LogP contribution is 2.67. The number of nitrogens with one attached hydrogen (secondary N) is 2. The van der Waals surface area contributed by atoms with Gasteiger partial charge < -0.3 is 39.5 Å². The van der Waals surface area contributed by atoms with E-state index < -0.39 is 49.0 Å². The van der Waals surface area contributed by atoms with E-state index in [-0.39, 0.29) is 43.7 Å². The zero-order valence-electron chi connectivity index (χ0n) is 28.6. The van der Waals surface area contributed by atoms with E-state index in [1.165, 1.54) is 4.90 Å². The summed E-state index contributed by atoms with van der Waals surface area (Å²) in [6.07, 6.45) is 7.73. The van der Waals surface area contributed by atoms with Crippen molar-refractivity contribution in [3.8, 4) is 11.6 Å². The lowest BCUT2D eigenvalue weighted by atomic mass is 9.83. The molecule has 2 aliphatic carbocycles. The van der Waals surface area contributed by atoms with Crippen molar-refractivity contribution >= 4 is 36.3 Å². The van der Waals surface area contributed by atoms with E-state index in [9.17, 15) is 28.7 Å². The zero-order valence-corrected chi connectivity index (χ0v) is 29.5. The monoisotopic (exact) mass is 700 g/mol. The van der Waals surface area contributed by atoms with Gasteiger partial charge in [0.2, 0.25) is 17.7 Å². The van der Waals surface area contributed by atoms with Gasteiger partial charge in [0, 0.05) is 18.0 Å². The molecule has 3 fully saturated rings. The number of alkyl carbamates (subject to hydrolysis) is 1. The third-order valence-corrected chi connectivity index (χ3v) is 12.7. The smallest absolute Gasteiger partial charge is 0.407 e. The fourth-order valence-electron chi connectivity index (χ4n) is 8.05. The van der Waals surface area contributed by atoms with Crippen molar-refractivity contribution in [2.45, 2.75) is 108 Å². The Balaban J connectivity index is 1.37. The maximum Gasteiger partial charge on any atom is 0.407 e. The minimum atomic E-state index is -4.71. The molecule has 6 atom stereocenters. The molecular weight excluding hydrogens is 651 g/mol. The highest BCUT2D eigenvalue weighted by Gasteiger charge is 2.66. The van der Waals surface area contributed by atoms with Crippen LogP contribution in [0.4, 0.5) is 4.79 Å². The summed E-state index contributed by atoms with van der Waals surface area (Å²) in [7, 11) is -3.08. The van der Waals surface area contributed by atoms with Crippen molar-refractivity contribution in [1.82, 2.24) is 20.5 Å². The van der Waals surface area contributed by atoms with Crippen molar-refractivity contribution in [3.05, 3.63) is 30.0 Å². The number of hydrogen-bond donors (Lipinski definition) is 4. The number of carbonyl (C=O) groups excluding carboxylic acids is 3. The lowest BCUT2D eigenvalue weighted by Crippen LogP contribution is -2.57. The molecule has 3 amide bonds. The van der Waals surface area contributed by atoms with E-state index in [4.69, 9.17) is 14.2 Å². The Kier molecular flexibility index (Phi) is 10.4. The fraction of sp³-hybridized carbons (Fsp3) is 0.657. The van der Waals surface area contributed by atoms with Crippen LogP contribution in [0, 0.1) is 17.8 Å². The summed E-state index contributed by atoms with van der Waals surface area (Å²) in [6, 6.07) is 3.82. The molecule has 1 saturated heterocycles. The van der Waals surface area contributed by atoms with Gasteiger partial charge in [-0.05, 0) is 85.4 Å². The molecule has 6 rings (SSSR count). The second-order valence-electron chi connectivity index (χ2n) is 14.4. The van der Waals surface area contributed by atoms with Crippen LogP contribution < -0.4 is 20.1 Å². The number of pyridine rings is 1. The number of benzene rings is 1. The Hall–Kier alpha value is -3.41. The molecule has 4 N–H and O–H groups in total. The predicted octanol–water partition coefficient (Wildman–Crippen LogP) is 4.66. The van der Waals surface area contributed by atoms with Crippen molar-refractivity contribution in [2.24, 2.45) is 17.8 Å². The van der Waals surface area contributed by atoms with Gasteiger partial charge in [0.15, 0.2) is 0 Å². The Labute approximate surface area is 287 Å². The summed E-state index contributed by atoms with van der Waals surface area (Å²) in [4.78, 5) is 68.3. The van der Waals surface area contributed by atoms with Gasteiger partial charge in [-0.1, -0.05) is 39.5 Å². The first-order valence-electron chi connectivity index (χ1n) is 17.7. The van der Waals surface area contributed by atoms with Crippen LogP contribution in [0.15, 0.2) is 24.4 Å². The minimum Gasteiger partial charge on any atom is -0.496 e. The van der Waals surface area contributed by atoms with E-state index in [1.54, 1.807) is 13.3 Å². The molecule has 2 aromatic rings. The highest BCUT2D eigenvalue weighted by molar-refractivity contribution is 7.54. The Bertz CT molecular complexity index is 1610. The number of aromatic nitrogens is 1. The molecule has 2 unspecified atom stereocenters. The van der Waals surface area contributed by atoms with Gasteiger partial charge in [-0.3, -0.25) is 14.2 Å². The van der Waals surface area contributed by atoms with Gasteiger partial charge in [0.05, 0.1) is 20.3 Å². The standard InChI is InChI=1S/C35H49N4O9P/c1-4-25-18-35(25,49(43,44)45)38-31(40)28-17-26-19-39(28)33(41)30(22-10-6-5-7-11-22)37-34(42)47-20-21(2)9-8-12-24-15-27-23(16-29(24)46-3)13-14-36-32(27)48-26/h13-16,21-22,25-26,28,30H,4-12,17-20H2,1-3H3,(H,37,42)(H,38,40)(H2,43,44,45)/t21-,25?,26-,28+,30+,35?/m1/s1. The van der Waals surface area contributed by atoms with E-state index in [2.05, 4.69) is 15.6 Å². The summed E-state index contributed by atoms with van der Waals surface area (Å²) < 4.78 is 30.5. The van der Waals surface area contributed by atoms with Crippen LogP contribution in [-0.4, -0.2) is 81.3 Å². The predicted molar refractivity (Wildman–Crippen MR) is 181 cm³/mol. The molecule has 2 saturated carbocycles. The number of rotatable bonds is 6. The summed E-state index contributed by atoms with van der Waals surface area (Å²) in [6.45, 7) is 4.05. The quantitative estimate of drug-likeness (QED) is 0.310. The number of ether oxygens (including phenoxy) is 3.